The molecule has 0 bridgehead atoms. The number of aliphatic imine (C=N–C) groups is 1. The van der Waals surface area contributed by atoms with Gasteiger partial charge in [0.2, 0.25) is 0 Å². The van der Waals surface area contributed by atoms with Crippen molar-refractivity contribution in [2.45, 2.75) is 19.3 Å². The number of hydrogen-bond donors (Lipinski definition) is 0. The molecule has 21 heavy (non-hydrogen) atoms. The van der Waals surface area contributed by atoms with Crippen molar-refractivity contribution in [3.63, 3.8) is 0 Å². The van der Waals surface area contributed by atoms with Crippen LogP contribution in [-0.2, 0) is 6.42 Å². The van der Waals surface area contributed by atoms with E-state index in [4.69, 9.17) is 4.74 Å². The number of hydrogen-bond acceptors (Lipinski definition) is 2. The Balaban J connectivity index is 1.95. The van der Waals surface area contributed by atoms with Gasteiger partial charge < -0.3 is 4.74 Å². The third-order valence-corrected chi connectivity index (χ3v) is 3.29. The summed E-state index contributed by atoms with van der Waals surface area (Å²) in [6.07, 6.45) is 7.18. The number of methoxy groups -OCH3 is 1. The minimum Gasteiger partial charge on any atom is -0.497 e. The quantitative estimate of drug-likeness (QED) is 0.399. The Morgan fingerprint density at radius 1 is 1.05 bits per heavy atom. The van der Waals surface area contributed by atoms with Crippen LogP contribution in [0.1, 0.15) is 24.0 Å². The number of ether oxygens (including phenoxy) is 1. The van der Waals surface area contributed by atoms with Gasteiger partial charge in [-0.15, -0.1) is 6.58 Å². The third-order valence-electron chi connectivity index (χ3n) is 3.29. The monoisotopic (exact) mass is 279 g/mol. The van der Waals surface area contributed by atoms with Crippen LogP contribution in [-0.4, -0.2) is 13.3 Å². The molecule has 0 aromatic heterocycles. The predicted octanol–water partition coefficient (Wildman–Crippen LogP) is 4.95. The summed E-state index contributed by atoms with van der Waals surface area (Å²) < 4.78 is 5.13. The zero-order chi connectivity index (χ0) is 14.9. The van der Waals surface area contributed by atoms with Crippen molar-refractivity contribution in [3.8, 4) is 5.75 Å². The maximum atomic E-state index is 5.13. The fourth-order valence-corrected chi connectivity index (χ4v) is 2.04. The van der Waals surface area contributed by atoms with E-state index < -0.39 is 0 Å². The second-order valence-corrected chi connectivity index (χ2v) is 4.88. The van der Waals surface area contributed by atoms with Gasteiger partial charge in [-0.3, -0.25) is 4.99 Å². The Morgan fingerprint density at radius 2 is 1.76 bits per heavy atom. The van der Waals surface area contributed by atoms with Crippen LogP contribution in [0.15, 0.2) is 66.2 Å². The SMILES string of the molecule is C=CCCCc1ccc(C=Nc2ccc(OC)cc2)cc1. The lowest BCUT2D eigenvalue weighted by Gasteiger charge is -2.01. The highest BCUT2D eigenvalue weighted by molar-refractivity contribution is 5.81. The Morgan fingerprint density at radius 3 is 2.38 bits per heavy atom. The number of nitrogens with zero attached hydrogens (tertiary/aromatic N) is 1. The lowest BCUT2D eigenvalue weighted by Crippen LogP contribution is -1.86. The molecule has 2 aromatic rings. The van der Waals surface area contributed by atoms with Gasteiger partial charge in [0.15, 0.2) is 0 Å². The average Bonchev–Trinajstić information content (AvgIpc) is 2.55. The Labute approximate surface area is 126 Å². The van der Waals surface area contributed by atoms with E-state index in [9.17, 15) is 0 Å². The van der Waals surface area contributed by atoms with E-state index in [0.717, 1.165) is 36.3 Å². The van der Waals surface area contributed by atoms with Crippen LogP contribution in [0.2, 0.25) is 0 Å². The van der Waals surface area contributed by atoms with E-state index in [-0.39, 0.29) is 0 Å². The van der Waals surface area contributed by atoms with E-state index in [1.165, 1.54) is 5.56 Å². The standard InChI is InChI=1S/C19H21NO/c1-3-4-5-6-16-7-9-17(10-8-16)15-20-18-11-13-19(21-2)14-12-18/h3,7-15H,1,4-6H2,2H3. The average molecular weight is 279 g/mol. The molecule has 0 aliphatic heterocycles. The molecule has 0 spiro atoms. The third kappa shape index (κ3) is 4.92. The van der Waals surface area contributed by atoms with Crippen molar-refractivity contribution in [2.75, 3.05) is 7.11 Å². The molecule has 0 heterocycles. The summed E-state index contributed by atoms with van der Waals surface area (Å²) in [5, 5.41) is 0. The minimum absolute atomic E-state index is 0.845. The van der Waals surface area contributed by atoms with E-state index >= 15 is 0 Å². The molecule has 0 fully saturated rings. The van der Waals surface area contributed by atoms with Gasteiger partial charge in [0.05, 0.1) is 12.8 Å². The first-order valence-corrected chi connectivity index (χ1v) is 7.20. The number of allylic oxidation sites excluding steroid dienone is 1. The van der Waals surface area contributed by atoms with Crippen LogP contribution in [0.25, 0.3) is 0 Å². The first-order valence-electron chi connectivity index (χ1n) is 7.20. The van der Waals surface area contributed by atoms with Gasteiger partial charge in [-0.1, -0.05) is 30.3 Å². The van der Waals surface area contributed by atoms with Gasteiger partial charge in [-0.25, -0.2) is 0 Å². The van der Waals surface area contributed by atoms with Gasteiger partial charge in [0, 0.05) is 6.21 Å². The van der Waals surface area contributed by atoms with Crippen molar-refractivity contribution < 1.29 is 4.74 Å². The summed E-state index contributed by atoms with van der Waals surface area (Å²) in [4.78, 5) is 4.46. The van der Waals surface area contributed by atoms with Crippen molar-refractivity contribution in [2.24, 2.45) is 4.99 Å². The van der Waals surface area contributed by atoms with E-state index in [1.807, 2.05) is 36.6 Å². The number of rotatable bonds is 7. The van der Waals surface area contributed by atoms with Crippen LogP contribution < -0.4 is 4.74 Å². The molecule has 0 radical (unpaired) electrons. The topological polar surface area (TPSA) is 21.6 Å². The lowest BCUT2D eigenvalue weighted by atomic mass is 10.1. The molecule has 2 rings (SSSR count). The zero-order valence-corrected chi connectivity index (χ0v) is 12.5. The van der Waals surface area contributed by atoms with Crippen LogP contribution in [0, 0.1) is 0 Å². The molecule has 0 aliphatic rings. The first-order chi connectivity index (χ1) is 10.3. The summed E-state index contributed by atoms with van der Waals surface area (Å²) in [5.74, 6) is 0.845. The normalized spacial score (nSPS) is 10.7. The Hall–Kier alpha value is -2.35. The zero-order valence-electron chi connectivity index (χ0n) is 12.5. The van der Waals surface area contributed by atoms with Gasteiger partial charge in [0.25, 0.3) is 0 Å². The Bertz CT molecular complexity index is 582. The molecular formula is C19H21NO. The Kier molecular flexibility index (Phi) is 5.77. The maximum Gasteiger partial charge on any atom is 0.119 e. The maximum absolute atomic E-state index is 5.13. The molecule has 0 saturated heterocycles. The molecule has 2 aromatic carbocycles. The van der Waals surface area contributed by atoms with Crippen LogP contribution in [0.4, 0.5) is 5.69 Å². The molecule has 0 saturated carbocycles. The highest BCUT2D eigenvalue weighted by atomic mass is 16.5. The highest BCUT2D eigenvalue weighted by Gasteiger charge is 1.94. The summed E-state index contributed by atoms with van der Waals surface area (Å²) in [6, 6.07) is 16.3. The minimum atomic E-state index is 0.845. The predicted molar refractivity (Wildman–Crippen MR) is 89.8 cm³/mol. The largest absolute Gasteiger partial charge is 0.497 e. The molecule has 0 amide bonds. The van der Waals surface area contributed by atoms with Crippen molar-refractivity contribution >= 4 is 11.9 Å². The molecule has 0 N–H and O–H groups in total. The molecule has 0 aliphatic carbocycles. The summed E-state index contributed by atoms with van der Waals surface area (Å²) in [5.41, 5.74) is 3.39. The second kappa shape index (κ2) is 8.05. The molecule has 2 nitrogen and oxygen atoms in total. The van der Waals surface area contributed by atoms with Crippen molar-refractivity contribution in [3.05, 3.63) is 72.3 Å². The first kappa shape index (κ1) is 15.0. The molecular weight excluding hydrogens is 258 g/mol. The van der Waals surface area contributed by atoms with Gasteiger partial charge in [0.1, 0.15) is 5.75 Å². The van der Waals surface area contributed by atoms with Crippen LogP contribution in [0.3, 0.4) is 0 Å². The van der Waals surface area contributed by atoms with Crippen LogP contribution in [0.5, 0.6) is 5.75 Å². The fourth-order valence-electron chi connectivity index (χ4n) is 2.04. The smallest absolute Gasteiger partial charge is 0.119 e. The van der Waals surface area contributed by atoms with Gasteiger partial charge >= 0.3 is 0 Å². The van der Waals surface area contributed by atoms with Crippen molar-refractivity contribution in [1.29, 1.82) is 0 Å². The lowest BCUT2D eigenvalue weighted by molar-refractivity contribution is 0.415. The number of benzene rings is 2. The van der Waals surface area contributed by atoms with Crippen molar-refractivity contribution in [1.82, 2.24) is 0 Å². The fraction of sp³-hybridized carbons (Fsp3) is 0.211. The number of aryl methyl sites for hydroxylation is 1. The molecule has 2 heteroatoms. The number of unbranched alkanes of at least 4 members (excludes halogenated alkanes) is 1. The van der Waals surface area contributed by atoms with E-state index in [1.54, 1.807) is 7.11 Å². The molecule has 108 valence electrons. The summed E-state index contributed by atoms with van der Waals surface area (Å²) >= 11 is 0. The second-order valence-electron chi connectivity index (χ2n) is 4.88. The molecule has 0 unspecified atom stereocenters. The van der Waals surface area contributed by atoms with Gasteiger partial charge in [-0.05, 0) is 54.7 Å². The van der Waals surface area contributed by atoms with E-state index in [2.05, 4.69) is 35.8 Å². The van der Waals surface area contributed by atoms with Gasteiger partial charge in [-0.2, -0.15) is 0 Å². The molecule has 0 atom stereocenters. The van der Waals surface area contributed by atoms with E-state index in [0.29, 0.717) is 0 Å². The van der Waals surface area contributed by atoms with Crippen LogP contribution >= 0.6 is 0 Å². The summed E-state index contributed by atoms with van der Waals surface area (Å²) in [7, 11) is 1.66. The summed E-state index contributed by atoms with van der Waals surface area (Å²) in [6.45, 7) is 3.74. The highest BCUT2D eigenvalue weighted by Crippen LogP contribution is 2.17.